The van der Waals surface area contributed by atoms with Crippen LogP contribution >= 0.6 is 23.3 Å². The van der Waals surface area contributed by atoms with Gasteiger partial charge < -0.3 is 26.1 Å². The highest BCUT2D eigenvalue weighted by molar-refractivity contribution is 8.00. The van der Waals surface area contributed by atoms with Crippen LogP contribution in [0.15, 0.2) is 53.1 Å². The van der Waals surface area contributed by atoms with E-state index in [-0.39, 0.29) is 40.3 Å². The Kier molecular flexibility index (Phi) is 8.02. The van der Waals surface area contributed by atoms with Crippen molar-refractivity contribution in [2.75, 3.05) is 18.1 Å². The predicted octanol–water partition coefficient (Wildman–Crippen LogP) is -0.158. The first-order valence-electron chi connectivity index (χ1n) is 11.1. The molecule has 4 heterocycles. The molecule has 0 saturated carbocycles. The Balaban J connectivity index is 1.47. The lowest BCUT2D eigenvalue weighted by Gasteiger charge is -2.49. The molecule has 5 N–H and O–H groups in total. The van der Waals surface area contributed by atoms with Crippen molar-refractivity contribution in [3.8, 4) is 0 Å². The summed E-state index contributed by atoms with van der Waals surface area (Å²) in [5, 5.41) is 24.7. The number of hydrogen-bond donors (Lipinski definition) is 4. The van der Waals surface area contributed by atoms with Crippen LogP contribution in [0, 0.1) is 0 Å². The minimum Gasteiger partial charge on any atom is -0.478 e. The number of fused-ring (bicyclic) bond motifs is 1. The number of hydrogen-bond acceptors (Lipinski definition) is 11. The van der Waals surface area contributed by atoms with Gasteiger partial charge in [-0.25, -0.2) is 14.2 Å². The van der Waals surface area contributed by atoms with Crippen molar-refractivity contribution in [1.82, 2.24) is 19.6 Å². The number of rotatable bonds is 10. The number of nitrogens with two attached hydrogens (primary N) is 1. The second kappa shape index (κ2) is 11.4. The van der Waals surface area contributed by atoms with E-state index in [4.69, 9.17) is 15.7 Å². The highest BCUT2D eigenvalue weighted by Crippen LogP contribution is 2.40. The molecule has 1 fully saturated rings. The first-order chi connectivity index (χ1) is 18.2. The van der Waals surface area contributed by atoms with Crippen molar-refractivity contribution < 1.29 is 38.8 Å². The van der Waals surface area contributed by atoms with Gasteiger partial charge in [0.25, 0.3) is 11.8 Å². The van der Waals surface area contributed by atoms with Crippen LogP contribution in [0.4, 0.5) is 5.13 Å². The van der Waals surface area contributed by atoms with Crippen molar-refractivity contribution in [3.05, 3.63) is 59.3 Å². The number of β-lactam (4-membered cyclic amide) rings is 1. The molecule has 4 rings (SSSR count). The number of carboxylic acid groups (broad SMARTS) is 2. The molecule has 16 heteroatoms. The summed E-state index contributed by atoms with van der Waals surface area (Å²) in [6.45, 7) is 2.21. The molecule has 2 atom stereocenters. The fourth-order valence-corrected chi connectivity index (χ4v) is 5.42. The number of allylic oxidation sites excluding steroid dienone is 2. The van der Waals surface area contributed by atoms with Gasteiger partial charge >= 0.3 is 11.9 Å². The molecule has 198 valence electrons. The minimum absolute atomic E-state index is 0.0487. The maximum Gasteiger partial charge on any atom is 0.352 e. The molecule has 2 aromatic heterocycles. The lowest BCUT2D eigenvalue weighted by Crippen LogP contribution is -2.71. The van der Waals surface area contributed by atoms with E-state index in [1.54, 1.807) is 36.0 Å². The third kappa shape index (κ3) is 5.50. The fourth-order valence-electron chi connectivity index (χ4n) is 3.66. The number of oxime groups is 1. The zero-order valence-electron chi connectivity index (χ0n) is 19.8. The minimum atomic E-state index is -1.27. The first kappa shape index (κ1) is 26.7. The maximum atomic E-state index is 13.0. The molecule has 0 bridgehead atoms. The van der Waals surface area contributed by atoms with E-state index in [1.807, 2.05) is 0 Å². The van der Waals surface area contributed by atoms with E-state index in [1.165, 1.54) is 23.9 Å². The Hall–Kier alpha value is -4.31. The summed E-state index contributed by atoms with van der Waals surface area (Å²) in [7, 11) is 0. The van der Waals surface area contributed by atoms with Crippen LogP contribution in [0.3, 0.4) is 0 Å². The molecular formula is C22H22N7O7S2+. The molecule has 0 radical (unpaired) electrons. The summed E-state index contributed by atoms with van der Waals surface area (Å²) in [6, 6.07) is 1.92. The number of carbonyl (C=O) groups excluding carboxylic acids is 2. The normalized spacial score (nSPS) is 19.2. The molecular weight excluding hydrogens is 538 g/mol. The summed E-state index contributed by atoms with van der Waals surface area (Å²) in [5.41, 5.74) is 5.77. The molecule has 38 heavy (non-hydrogen) atoms. The van der Waals surface area contributed by atoms with E-state index < -0.39 is 35.2 Å². The Morgan fingerprint density at radius 3 is 2.66 bits per heavy atom. The molecule has 2 aliphatic rings. The van der Waals surface area contributed by atoms with Gasteiger partial charge in [0.2, 0.25) is 11.5 Å². The number of pyridine rings is 1. The van der Waals surface area contributed by atoms with Crippen LogP contribution in [0.1, 0.15) is 23.1 Å². The zero-order valence-corrected chi connectivity index (χ0v) is 21.4. The van der Waals surface area contributed by atoms with Gasteiger partial charge in [-0.05, 0) is 18.6 Å². The number of nitrogens with zero attached hydrogens (tertiary/aromatic N) is 5. The molecule has 1 unspecified atom stereocenters. The average molecular weight is 561 g/mol. The number of aliphatic carboxylic acids is 1. The smallest absolute Gasteiger partial charge is 0.352 e. The Morgan fingerprint density at radius 2 is 2.05 bits per heavy atom. The molecule has 2 aromatic rings. The van der Waals surface area contributed by atoms with Crippen LogP contribution in [0.5, 0.6) is 0 Å². The number of carbonyl (C=O) groups is 4. The highest BCUT2D eigenvalue weighted by atomic mass is 32.2. The van der Waals surface area contributed by atoms with Crippen molar-refractivity contribution >= 4 is 57.9 Å². The van der Waals surface area contributed by atoms with Gasteiger partial charge in [0.1, 0.15) is 23.7 Å². The Bertz CT molecular complexity index is 1370. The van der Waals surface area contributed by atoms with Crippen LogP contribution in [-0.4, -0.2) is 77.7 Å². The van der Waals surface area contributed by atoms with Crippen LogP contribution < -0.4 is 15.6 Å². The van der Waals surface area contributed by atoms with Gasteiger partial charge in [0.15, 0.2) is 24.1 Å². The monoisotopic (exact) mass is 560 g/mol. The topological polar surface area (TPSA) is 201 Å². The number of carboxylic acids is 2. The van der Waals surface area contributed by atoms with Crippen molar-refractivity contribution in [3.63, 3.8) is 0 Å². The number of aromatic carboxylic acids is 1. The van der Waals surface area contributed by atoms with E-state index in [9.17, 15) is 24.3 Å². The van der Waals surface area contributed by atoms with Gasteiger partial charge in [0, 0.05) is 29.4 Å². The molecule has 2 amide bonds. The molecule has 2 aliphatic heterocycles. The summed E-state index contributed by atoms with van der Waals surface area (Å²) in [5.74, 6) is -3.41. The number of aromatic nitrogens is 3. The van der Waals surface area contributed by atoms with E-state index in [0.717, 1.165) is 16.4 Å². The Labute approximate surface area is 223 Å². The summed E-state index contributed by atoms with van der Waals surface area (Å²) >= 11 is 2.17. The predicted molar refractivity (Wildman–Crippen MR) is 135 cm³/mol. The highest BCUT2D eigenvalue weighted by Gasteiger charge is 2.54. The summed E-state index contributed by atoms with van der Waals surface area (Å²) < 4.78 is 5.68. The van der Waals surface area contributed by atoms with Crippen LogP contribution in [0.25, 0.3) is 0 Å². The quantitative estimate of drug-likeness (QED) is 0.130. The van der Waals surface area contributed by atoms with Crippen molar-refractivity contribution in [1.29, 1.82) is 0 Å². The fraction of sp³-hybridized carbons (Fsp3) is 0.273. The third-order valence-electron chi connectivity index (χ3n) is 5.41. The second-order valence-corrected chi connectivity index (χ2v) is 9.73. The number of nitrogens with one attached hydrogen (secondary N) is 1. The SMILES string of the molecule is CCO/N=C(\C(=O)NC1C(=O)N2C(C(=O)O)=C(C=CC[n+]3ccc(C(=O)O)cc3)CS[C@H]12)c1nsc(N)n1. The molecule has 0 aromatic carbocycles. The standard InChI is InChI=1S/C22H21N7O7S2/c1-2-36-26-13(16-25-22(23)38-27-16)17(30)24-14-18(31)29-15(21(34)35)12(10-37-19(14)29)4-3-7-28-8-5-11(6-9-28)20(32)33/h3-6,8-9,14,19H,2,7,10H2,1H3,(H4-,23,24,25,27,30,32,33,34,35)/p+1/b4-3?,26-13-/t14?,19-/m1/s1. The van der Waals surface area contributed by atoms with Crippen molar-refractivity contribution in [2.24, 2.45) is 5.16 Å². The lowest BCUT2D eigenvalue weighted by atomic mass is 10.0. The molecule has 0 spiro atoms. The van der Waals surface area contributed by atoms with Gasteiger partial charge in [-0.2, -0.15) is 9.36 Å². The maximum absolute atomic E-state index is 13.0. The number of nitrogen functional groups attached to an aromatic ring is 1. The Morgan fingerprint density at radius 1 is 1.32 bits per heavy atom. The van der Waals surface area contributed by atoms with Crippen LogP contribution in [-0.2, 0) is 25.8 Å². The lowest BCUT2D eigenvalue weighted by molar-refractivity contribution is -0.687. The van der Waals surface area contributed by atoms with Crippen molar-refractivity contribution in [2.45, 2.75) is 24.9 Å². The number of anilines is 1. The first-order valence-corrected chi connectivity index (χ1v) is 12.9. The number of amides is 2. The van der Waals surface area contributed by atoms with Gasteiger partial charge in [0.05, 0.1) is 5.56 Å². The number of thioether (sulfide) groups is 1. The average Bonchev–Trinajstić information content (AvgIpc) is 3.32. The molecule has 1 saturated heterocycles. The molecule has 0 aliphatic carbocycles. The largest absolute Gasteiger partial charge is 0.478 e. The van der Waals surface area contributed by atoms with E-state index >= 15 is 0 Å². The van der Waals surface area contributed by atoms with E-state index in [2.05, 4.69) is 19.8 Å². The van der Waals surface area contributed by atoms with Gasteiger partial charge in [-0.3, -0.25) is 14.5 Å². The zero-order chi connectivity index (χ0) is 27.4. The van der Waals surface area contributed by atoms with E-state index in [0.29, 0.717) is 12.1 Å². The second-order valence-electron chi connectivity index (χ2n) is 7.84. The summed E-state index contributed by atoms with van der Waals surface area (Å²) in [6.07, 6.45) is 6.52. The molecule has 14 nitrogen and oxygen atoms in total. The summed E-state index contributed by atoms with van der Waals surface area (Å²) in [4.78, 5) is 59.0. The third-order valence-corrected chi connectivity index (χ3v) is 7.26. The van der Waals surface area contributed by atoms with Gasteiger partial charge in [-0.1, -0.05) is 11.2 Å². The van der Waals surface area contributed by atoms with Gasteiger partial charge in [-0.15, -0.1) is 11.8 Å². The van der Waals surface area contributed by atoms with Crippen LogP contribution in [0.2, 0.25) is 0 Å².